The molecule has 2 heterocycles. The first kappa shape index (κ1) is 21.8. The molecule has 0 radical (unpaired) electrons. The van der Waals surface area contributed by atoms with Crippen LogP contribution in [0.1, 0.15) is 33.6 Å². The average Bonchev–Trinajstić information content (AvgIpc) is 2.48. The van der Waals surface area contributed by atoms with Crippen LogP contribution in [0.4, 0.5) is 39.5 Å². The van der Waals surface area contributed by atoms with Crippen LogP contribution in [0, 0.1) is 6.92 Å². The second kappa shape index (κ2) is 6.82. The highest BCUT2D eigenvalue weighted by Crippen LogP contribution is 2.38. The van der Waals surface area contributed by atoms with Gasteiger partial charge in [-0.2, -0.15) is 39.5 Å². The number of aryl methyl sites for hydroxylation is 1. The van der Waals surface area contributed by atoms with Crippen LogP contribution in [0.2, 0.25) is 0 Å². The summed E-state index contributed by atoms with van der Waals surface area (Å²) in [5.74, 6) is 0. The van der Waals surface area contributed by atoms with Crippen molar-refractivity contribution in [3.63, 3.8) is 0 Å². The van der Waals surface area contributed by atoms with E-state index in [-0.39, 0.29) is 10.6 Å². The molecule has 0 saturated heterocycles. The van der Waals surface area contributed by atoms with Crippen molar-refractivity contribution in [1.82, 2.24) is 9.55 Å². The summed E-state index contributed by atoms with van der Waals surface area (Å²) in [5.41, 5.74) is -9.31. The molecule has 0 spiro atoms. The van der Waals surface area contributed by atoms with Crippen LogP contribution in [0.5, 0.6) is 0 Å². The van der Waals surface area contributed by atoms with E-state index in [1.54, 1.807) is 0 Å². The molecule has 0 amide bonds. The monoisotopic (exact) mass is 418 g/mol. The Morgan fingerprint density at radius 1 is 0.964 bits per heavy atom. The van der Waals surface area contributed by atoms with E-state index in [4.69, 9.17) is 0 Å². The summed E-state index contributed by atoms with van der Waals surface area (Å²) in [6.07, 6.45) is -15.9. The first-order chi connectivity index (χ1) is 12.5. The van der Waals surface area contributed by atoms with Gasteiger partial charge in [-0.05, 0) is 24.6 Å². The molecule has 2 rings (SSSR count). The third-order valence-corrected chi connectivity index (χ3v) is 4.00. The number of rotatable bonds is 2. The standard InChI is InChI=1S/C16H11F9N2O/c1-7-12(16(23,24)25)8(3-4-26-7)5-9-10(14(17,18)19)6-11(15(20,21)22)27(2)13(9)28/h3-4,6H,5H2,1-2H3. The van der Waals surface area contributed by atoms with Gasteiger partial charge in [0.1, 0.15) is 5.69 Å². The number of hydrogen-bond donors (Lipinski definition) is 0. The number of alkyl halides is 9. The molecule has 154 valence electrons. The molecule has 2 aromatic rings. The zero-order valence-corrected chi connectivity index (χ0v) is 14.1. The van der Waals surface area contributed by atoms with Crippen LogP contribution in [0.25, 0.3) is 0 Å². The maximum absolute atomic E-state index is 13.3. The Balaban J connectivity index is 2.81. The average molecular weight is 418 g/mol. The Morgan fingerprint density at radius 3 is 2.00 bits per heavy atom. The largest absolute Gasteiger partial charge is 0.431 e. The van der Waals surface area contributed by atoms with Crippen molar-refractivity contribution in [2.75, 3.05) is 0 Å². The lowest BCUT2D eigenvalue weighted by Gasteiger charge is -2.20. The summed E-state index contributed by atoms with van der Waals surface area (Å²) in [7, 11) is 0.595. The van der Waals surface area contributed by atoms with Gasteiger partial charge >= 0.3 is 18.5 Å². The van der Waals surface area contributed by atoms with Crippen LogP contribution >= 0.6 is 0 Å². The van der Waals surface area contributed by atoms with Gasteiger partial charge in [-0.1, -0.05) is 0 Å². The SMILES string of the molecule is Cc1nccc(Cc2c(C(F)(F)F)cc(C(F)(F)F)n(C)c2=O)c1C(F)(F)F. The number of halogens is 9. The van der Waals surface area contributed by atoms with Gasteiger partial charge in [0.15, 0.2) is 0 Å². The van der Waals surface area contributed by atoms with Gasteiger partial charge in [0.2, 0.25) is 0 Å². The fourth-order valence-corrected chi connectivity index (χ4v) is 2.79. The third kappa shape index (κ3) is 4.14. The van der Waals surface area contributed by atoms with E-state index < -0.39 is 64.2 Å². The summed E-state index contributed by atoms with van der Waals surface area (Å²) < 4.78 is 118. The molecule has 12 heteroatoms. The Labute approximate surface area is 151 Å². The van der Waals surface area contributed by atoms with Crippen molar-refractivity contribution in [3.8, 4) is 0 Å². The molecule has 0 aromatic carbocycles. The molecule has 28 heavy (non-hydrogen) atoms. The van der Waals surface area contributed by atoms with Crippen molar-refractivity contribution in [2.24, 2.45) is 7.05 Å². The van der Waals surface area contributed by atoms with E-state index >= 15 is 0 Å². The minimum atomic E-state index is -5.39. The van der Waals surface area contributed by atoms with E-state index in [1.165, 1.54) is 0 Å². The predicted octanol–water partition coefficient (Wildman–Crippen LogP) is 4.74. The van der Waals surface area contributed by atoms with E-state index in [0.29, 0.717) is 7.05 Å². The first-order valence-electron chi connectivity index (χ1n) is 7.44. The lowest BCUT2D eigenvalue weighted by molar-refractivity contribution is -0.147. The second-order valence-electron chi connectivity index (χ2n) is 5.89. The predicted molar refractivity (Wildman–Crippen MR) is 78.5 cm³/mol. The molecule has 2 aromatic heterocycles. The number of hydrogen-bond acceptors (Lipinski definition) is 2. The quantitative estimate of drug-likeness (QED) is 0.661. The van der Waals surface area contributed by atoms with Crippen LogP contribution in [-0.4, -0.2) is 9.55 Å². The molecule has 0 N–H and O–H groups in total. The van der Waals surface area contributed by atoms with E-state index in [0.717, 1.165) is 19.2 Å². The van der Waals surface area contributed by atoms with Crippen LogP contribution in [0.3, 0.4) is 0 Å². The van der Waals surface area contributed by atoms with Gasteiger partial charge in [-0.15, -0.1) is 0 Å². The summed E-state index contributed by atoms with van der Waals surface area (Å²) in [4.78, 5) is 15.7. The smallest absolute Gasteiger partial charge is 0.307 e. The number of pyridine rings is 2. The fourth-order valence-electron chi connectivity index (χ4n) is 2.79. The molecule has 0 saturated carbocycles. The Kier molecular flexibility index (Phi) is 5.30. The third-order valence-electron chi connectivity index (χ3n) is 4.00. The fraction of sp³-hybridized carbons (Fsp3) is 0.375. The summed E-state index contributed by atoms with van der Waals surface area (Å²) in [6.45, 7) is 0.974. The van der Waals surface area contributed by atoms with Gasteiger partial charge in [0.05, 0.1) is 11.1 Å². The zero-order chi connectivity index (χ0) is 21.7. The highest BCUT2D eigenvalue weighted by molar-refractivity contribution is 5.40. The normalized spacial score (nSPS) is 13.1. The van der Waals surface area contributed by atoms with Crippen molar-refractivity contribution < 1.29 is 39.5 Å². The zero-order valence-electron chi connectivity index (χ0n) is 14.1. The van der Waals surface area contributed by atoms with Crippen molar-refractivity contribution in [1.29, 1.82) is 0 Å². The molecule has 0 fully saturated rings. The molecular weight excluding hydrogens is 407 g/mol. The molecular formula is C16H11F9N2O. The molecule has 0 unspecified atom stereocenters. The molecule has 3 nitrogen and oxygen atoms in total. The maximum Gasteiger partial charge on any atom is 0.431 e. The lowest BCUT2D eigenvalue weighted by atomic mass is 9.96. The summed E-state index contributed by atoms with van der Waals surface area (Å²) in [6, 6.07) is 0.491. The Hall–Kier alpha value is -2.53. The van der Waals surface area contributed by atoms with Gasteiger partial charge in [-0.25, -0.2) is 0 Å². The van der Waals surface area contributed by atoms with E-state index in [2.05, 4.69) is 4.98 Å². The molecule has 0 atom stereocenters. The summed E-state index contributed by atoms with van der Waals surface area (Å²) >= 11 is 0. The van der Waals surface area contributed by atoms with Crippen LogP contribution < -0.4 is 5.56 Å². The van der Waals surface area contributed by atoms with E-state index in [9.17, 15) is 44.3 Å². The van der Waals surface area contributed by atoms with Gasteiger partial charge < -0.3 is 4.57 Å². The minimum Gasteiger partial charge on any atom is -0.307 e. The highest BCUT2D eigenvalue weighted by atomic mass is 19.4. The van der Waals surface area contributed by atoms with E-state index in [1.807, 2.05) is 0 Å². The topological polar surface area (TPSA) is 34.9 Å². The minimum absolute atomic E-state index is 0.0636. The van der Waals surface area contributed by atoms with Crippen molar-refractivity contribution >= 4 is 0 Å². The highest BCUT2D eigenvalue weighted by Gasteiger charge is 2.42. The number of nitrogens with zero attached hydrogens (tertiary/aromatic N) is 2. The molecule has 0 aliphatic heterocycles. The van der Waals surface area contributed by atoms with Crippen molar-refractivity contribution in [3.05, 3.63) is 62.3 Å². The molecule has 0 aliphatic carbocycles. The second-order valence-corrected chi connectivity index (χ2v) is 5.89. The Morgan fingerprint density at radius 2 is 1.54 bits per heavy atom. The van der Waals surface area contributed by atoms with Gasteiger partial charge in [0, 0.05) is 30.9 Å². The van der Waals surface area contributed by atoms with Crippen LogP contribution in [-0.2, 0) is 32.0 Å². The van der Waals surface area contributed by atoms with Crippen molar-refractivity contribution in [2.45, 2.75) is 31.9 Å². The summed E-state index contributed by atoms with van der Waals surface area (Å²) in [5, 5.41) is 0. The van der Waals surface area contributed by atoms with Crippen LogP contribution in [0.15, 0.2) is 23.1 Å². The maximum atomic E-state index is 13.3. The first-order valence-corrected chi connectivity index (χ1v) is 7.44. The van der Waals surface area contributed by atoms with Gasteiger partial charge in [0.25, 0.3) is 5.56 Å². The molecule has 0 bridgehead atoms. The lowest BCUT2D eigenvalue weighted by Crippen LogP contribution is -2.32. The number of aromatic nitrogens is 2. The Bertz CT molecular complexity index is 953. The molecule has 0 aliphatic rings. The van der Waals surface area contributed by atoms with Gasteiger partial charge in [-0.3, -0.25) is 9.78 Å².